The van der Waals surface area contributed by atoms with Crippen molar-refractivity contribution in [2.45, 2.75) is 20.4 Å². The lowest BCUT2D eigenvalue weighted by Crippen LogP contribution is -2.25. The molecule has 1 aromatic carbocycles. The maximum Gasteiger partial charge on any atom is 0.344 e. The van der Waals surface area contributed by atoms with Crippen LogP contribution in [0.3, 0.4) is 0 Å². The number of hydrogen-bond donors (Lipinski definition) is 1. The molecule has 0 aliphatic rings. The van der Waals surface area contributed by atoms with Gasteiger partial charge in [-0.15, -0.1) is 0 Å². The highest BCUT2D eigenvalue weighted by atomic mass is 127. The van der Waals surface area contributed by atoms with Crippen LogP contribution in [-0.2, 0) is 16.1 Å². The Bertz CT molecular complexity index is 1120. The summed E-state index contributed by atoms with van der Waals surface area (Å²) in [7, 11) is 0. The third-order valence-corrected chi connectivity index (χ3v) is 4.73. The minimum atomic E-state index is -0.840. The Labute approximate surface area is 174 Å². The van der Waals surface area contributed by atoms with Gasteiger partial charge in [0.2, 0.25) is 5.43 Å². The van der Waals surface area contributed by atoms with Crippen molar-refractivity contribution in [3.05, 3.63) is 67.6 Å². The summed E-state index contributed by atoms with van der Waals surface area (Å²) in [6.07, 6.45) is 1.43. The molecule has 0 fully saturated rings. The number of nitrogens with zero attached hydrogens (tertiary/aromatic N) is 2. The van der Waals surface area contributed by atoms with Crippen LogP contribution in [0.1, 0.15) is 23.0 Å². The van der Waals surface area contributed by atoms with Crippen LogP contribution in [0.5, 0.6) is 0 Å². The second-order valence-corrected chi connectivity index (χ2v) is 7.36. The zero-order chi connectivity index (χ0) is 20.3. The molecule has 3 rings (SSSR count). The molecule has 8 heteroatoms. The summed E-state index contributed by atoms with van der Waals surface area (Å²) in [5.74, 6) is -1.32. The molecule has 0 saturated carbocycles. The number of benzene rings is 1. The number of hydrogen-bond acceptors (Lipinski definition) is 5. The molecule has 2 heterocycles. The number of carbonyl (C=O) groups is 2. The number of ether oxygens (including phenoxy) is 1. The average Bonchev–Trinajstić information content (AvgIpc) is 2.66. The number of pyridine rings is 2. The first-order valence-electron chi connectivity index (χ1n) is 8.62. The molecule has 28 heavy (non-hydrogen) atoms. The number of halogens is 1. The normalized spacial score (nSPS) is 10.7. The molecule has 1 N–H and O–H groups in total. The van der Waals surface area contributed by atoms with E-state index in [1.165, 1.54) is 6.20 Å². The first-order chi connectivity index (χ1) is 13.4. The highest BCUT2D eigenvalue weighted by Gasteiger charge is 2.18. The lowest BCUT2D eigenvalue weighted by molar-refractivity contribution is -0.119. The number of nitrogens with one attached hydrogen (secondary N) is 1. The van der Waals surface area contributed by atoms with Crippen molar-refractivity contribution >= 4 is 51.2 Å². The van der Waals surface area contributed by atoms with Crippen LogP contribution in [0.4, 0.5) is 5.69 Å². The standard InChI is InChI=1S/C20H18IN3O4/c1-3-24-10-16(18(26)15-8-7-12(2)22-19(15)24)20(27)28-11-17(25)23-14-6-4-5-13(21)9-14/h4-10H,3,11H2,1-2H3,(H,23,25). The minimum absolute atomic E-state index is 0.123. The van der Waals surface area contributed by atoms with Crippen LogP contribution in [0.15, 0.2) is 47.4 Å². The number of fused-ring (bicyclic) bond motifs is 1. The molecular formula is C20H18IN3O4. The van der Waals surface area contributed by atoms with Gasteiger partial charge in [-0.1, -0.05) is 6.07 Å². The van der Waals surface area contributed by atoms with Gasteiger partial charge in [-0.25, -0.2) is 9.78 Å². The SMILES string of the molecule is CCn1cc(C(=O)OCC(=O)Nc2cccc(I)c2)c(=O)c2ccc(C)nc21. The summed E-state index contributed by atoms with van der Waals surface area (Å²) in [5, 5.41) is 2.99. The number of carbonyl (C=O) groups excluding carboxylic acids is 2. The lowest BCUT2D eigenvalue weighted by atomic mass is 10.2. The Morgan fingerprint density at radius 2 is 2.04 bits per heavy atom. The van der Waals surface area contributed by atoms with Gasteiger partial charge >= 0.3 is 5.97 Å². The number of anilines is 1. The van der Waals surface area contributed by atoms with Crippen molar-refractivity contribution in [1.82, 2.24) is 9.55 Å². The summed E-state index contributed by atoms with van der Waals surface area (Å²) in [6.45, 7) is 3.76. The van der Waals surface area contributed by atoms with Gasteiger partial charge < -0.3 is 14.6 Å². The van der Waals surface area contributed by atoms with E-state index in [2.05, 4.69) is 32.9 Å². The van der Waals surface area contributed by atoms with E-state index in [1.54, 1.807) is 34.9 Å². The molecule has 0 unspecified atom stereocenters. The maximum atomic E-state index is 12.7. The van der Waals surface area contributed by atoms with Gasteiger partial charge in [0.15, 0.2) is 6.61 Å². The zero-order valence-electron chi connectivity index (χ0n) is 15.4. The van der Waals surface area contributed by atoms with E-state index in [4.69, 9.17) is 4.74 Å². The topological polar surface area (TPSA) is 90.3 Å². The summed E-state index contributed by atoms with van der Waals surface area (Å²) in [5.41, 5.74) is 1.31. The molecule has 2 aromatic heterocycles. The Morgan fingerprint density at radius 3 is 2.75 bits per heavy atom. The van der Waals surface area contributed by atoms with Gasteiger partial charge in [0.05, 0.1) is 5.39 Å². The van der Waals surface area contributed by atoms with E-state index in [0.29, 0.717) is 23.3 Å². The lowest BCUT2D eigenvalue weighted by Gasteiger charge is -2.11. The monoisotopic (exact) mass is 491 g/mol. The predicted octanol–water partition coefficient (Wildman–Crippen LogP) is 3.12. The molecule has 0 radical (unpaired) electrons. The van der Waals surface area contributed by atoms with E-state index < -0.39 is 23.9 Å². The van der Waals surface area contributed by atoms with E-state index in [1.807, 2.05) is 19.9 Å². The summed E-state index contributed by atoms with van der Waals surface area (Å²) >= 11 is 2.13. The molecule has 0 saturated heterocycles. The Kier molecular flexibility index (Phi) is 6.08. The number of amides is 1. The first-order valence-corrected chi connectivity index (χ1v) is 9.70. The molecule has 144 valence electrons. The molecule has 0 aliphatic carbocycles. The van der Waals surface area contributed by atoms with Crippen molar-refractivity contribution < 1.29 is 14.3 Å². The third kappa shape index (κ3) is 4.38. The Balaban J connectivity index is 1.78. The van der Waals surface area contributed by atoms with Crippen LogP contribution >= 0.6 is 22.6 Å². The van der Waals surface area contributed by atoms with Crippen molar-refractivity contribution in [2.24, 2.45) is 0 Å². The molecular weight excluding hydrogens is 473 g/mol. The van der Waals surface area contributed by atoms with E-state index in [0.717, 1.165) is 9.26 Å². The fraction of sp³-hybridized carbons (Fsp3) is 0.200. The van der Waals surface area contributed by atoms with Crippen molar-refractivity contribution in [3.63, 3.8) is 0 Å². The smallest absolute Gasteiger partial charge is 0.344 e. The maximum absolute atomic E-state index is 12.7. The summed E-state index contributed by atoms with van der Waals surface area (Å²) < 4.78 is 7.74. The molecule has 0 aliphatic heterocycles. The van der Waals surface area contributed by atoms with Crippen molar-refractivity contribution in [3.8, 4) is 0 Å². The van der Waals surface area contributed by atoms with Crippen molar-refractivity contribution in [1.29, 1.82) is 0 Å². The van der Waals surface area contributed by atoms with E-state index in [-0.39, 0.29) is 5.56 Å². The molecule has 1 amide bonds. The molecule has 3 aromatic rings. The largest absolute Gasteiger partial charge is 0.452 e. The fourth-order valence-electron chi connectivity index (χ4n) is 2.72. The zero-order valence-corrected chi connectivity index (χ0v) is 17.5. The quantitative estimate of drug-likeness (QED) is 0.438. The molecule has 0 bridgehead atoms. The fourth-order valence-corrected chi connectivity index (χ4v) is 3.26. The summed E-state index contributed by atoms with van der Waals surface area (Å²) in [4.78, 5) is 41.5. The van der Waals surface area contributed by atoms with Crippen LogP contribution in [-0.4, -0.2) is 28.0 Å². The van der Waals surface area contributed by atoms with Crippen molar-refractivity contribution in [2.75, 3.05) is 11.9 Å². The van der Waals surface area contributed by atoms with Crippen LogP contribution in [0.2, 0.25) is 0 Å². The average molecular weight is 491 g/mol. The number of rotatable bonds is 5. The second-order valence-electron chi connectivity index (χ2n) is 6.12. The molecule has 7 nitrogen and oxygen atoms in total. The van der Waals surface area contributed by atoms with Gasteiger partial charge in [0.25, 0.3) is 5.91 Å². The third-order valence-electron chi connectivity index (χ3n) is 4.06. The first kappa shape index (κ1) is 20.0. The summed E-state index contributed by atoms with van der Waals surface area (Å²) in [6, 6.07) is 10.6. The van der Waals surface area contributed by atoms with Crippen LogP contribution < -0.4 is 10.7 Å². The Morgan fingerprint density at radius 1 is 1.25 bits per heavy atom. The van der Waals surface area contributed by atoms with Crippen LogP contribution in [0, 0.1) is 10.5 Å². The second kappa shape index (κ2) is 8.51. The Hall–Kier alpha value is -2.75. The van der Waals surface area contributed by atoms with Gasteiger partial charge in [0, 0.05) is 27.7 Å². The molecule has 0 atom stereocenters. The van der Waals surface area contributed by atoms with Gasteiger partial charge in [-0.05, 0) is 66.8 Å². The highest BCUT2D eigenvalue weighted by molar-refractivity contribution is 14.1. The van der Waals surface area contributed by atoms with Gasteiger partial charge in [0.1, 0.15) is 11.2 Å². The minimum Gasteiger partial charge on any atom is -0.452 e. The van der Waals surface area contributed by atoms with Gasteiger partial charge in [-0.3, -0.25) is 9.59 Å². The number of esters is 1. The predicted molar refractivity (Wildman–Crippen MR) is 114 cm³/mol. The van der Waals surface area contributed by atoms with Crippen LogP contribution in [0.25, 0.3) is 11.0 Å². The van der Waals surface area contributed by atoms with E-state index >= 15 is 0 Å². The van der Waals surface area contributed by atoms with Gasteiger partial charge in [-0.2, -0.15) is 0 Å². The number of aromatic nitrogens is 2. The van der Waals surface area contributed by atoms with E-state index in [9.17, 15) is 14.4 Å². The molecule has 0 spiro atoms. The highest BCUT2D eigenvalue weighted by Crippen LogP contribution is 2.13. The number of aryl methyl sites for hydroxylation is 2.